The van der Waals surface area contributed by atoms with E-state index in [1.807, 2.05) is 25.3 Å². The van der Waals surface area contributed by atoms with Crippen LogP contribution in [0.3, 0.4) is 0 Å². The molecule has 1 unspecified atom stereocenters. The second kappa shape index (κ2) is 7.59. The average Bonchev–Trinajstić information content (AvgIpc) is 2.36. The van der Waals surface area contributed by atoms with Gasteiger partial charge in [0, 0.05) is 16.5 Å². The SMILES string of the molecule is CSc1ccc(C)c(C(=O)NC(C)CCC(C)C)c1. The lowest BCUT2D eigenvalue weighted by Crippen LogP contribution is -2.33. The standard InChI is InChI=1S/C16H25NOS/c1-11(2)6-8-13(4)17-16(18)15-10-14(19-5)9-7-12(15)3/h7,9-11,13H,6,8H2,1-5H3,(H,17,18). The minimum atomic E-state index is 0.0460. The molecule has 1 atom stereocenters. The van der Waals surface area contributed by atoms with Crippen LogP contribution in [0.15, 0.2) is 23.1 Å². The summed E-state index contributed by atoms with van der Waals surface area (Å²) >= 11 is 1.66. The molecule has 0 aromatic heterocycles. The summed E-state index contributed by atoms with van der Waals surface area (Å²) < 4.78 is 0. The Morgan fingerprint density at radius 3 is 2.53 bits per heavy atom. The van der Waals surface area contributed by atoms with Gasteiger partial charge < -0.3 is 5.32 Å². The van der Waals surface area contributed by atoms with Crippen LogP contribution < -0.4 is 5.32 Å². The molecular weight excluding hydrogens is 254 g/mol. The van der Waals surface area contributed by atoms with Crippen molar-refractivity contribution < 1.29 is 4.79 Å². The van der Waals surface area contributed by atoms with E-state index in [4.69, 9.17) is 0 Å². The average molecular weight is 279 g/mol. The highest BCUT2D eigenvalue weighted by Crippen LogP contribution is 2.19. The molecular formula is C16H25NOS. The van der Waals surface area contributed by atoms with Gasteiger partial charge in [0.1, 0.15) is 0 Å². The van der Waals surface area contributed by atoms with Gasteiger partial charge in [-0.2, -0.15) is 0 Å². The number of rotatable bonds is 6. The molecule has 19 heavy (non-hydrogen) atoms. The topological polar surface area (TPSA) is 29.1 Å². The first-order chi connectivity index (χ1) is 8.93. The Kier molecular flexibility index (Phi) is 6.43. The fourth-order valence-electron chi connectivity index (χ4n) is 1.93. The first-order valence-electron chi connectivity index (χ1n) is 6.89. The van der Waals surface area contributed by atoms with E-state index in [9.17, 15) is 4.79 Å². The van der Waals surface area contributed by atoms with Crippen LogP contribution in [0.25, 0.3) is 0 Å². The van der Waals surface area contributed by atoms with Gasteiger partial charge in [0.25, 0.3) is 5.91 Å². The largest absolute Gasteiger partial charge is 0.350 e. The van der Waals surface area contributed by atoms with Crippen molar-refractivity contribution in [2.45, 2.75) is 51.5 Å². The molecule has 0 aliphatic carbocycles. The van der Waals surface area contributed by atoms with E-state index in [1.165, 1.54) is 0 Å². The molecule has 0 aliphatic heterocycles. The summed E-state index contributed by atoms with van der Waals surface area (Å²) in [6, 6.07) is 6.27. The quantitative estimate of drug-likeness (QED) is 0.788. The number of aryl methyl sites for hydroxylation is 1. The Morgan fingerprint density at radius 1 is 1.26 bits per heavy atom. The van der Waals surface area contributed by atoms with E-state index in [0.717, 1.165) is 28.9 Å². The third-order valence-corrected chi connectivity index (χ3v) is 3.97. The van der Waals surface area contributed by atoms with Gasteiger partial charge >= 0.3 is 0 Å². The second-order valence-electron chi connectivity index (χ2n) is 5.53. The number of benzene rings is 1. The predicted molar refractivity (Wildman–Crippen MR) is 84.0 cm³/mol. The summed E-state index contributed by atoms with van der Waals surface area (Å²) in [4.78, 5) is 13.4. The molecule has 106 valence electrons. The summed E-state index contributed by atoms with van der Waals surface area (Å²) in [5, 5.41) is 3.10. The first-order valence-corrected chi connectivity index (χ1v) is 8.12. The van der Waals surface area contributed by atoms with Crippen molar-refractivity contribution >= 4 is 17.7 Å². The highest BCUT2D eigenvalue weighted by atomic mass is 32.2. The van der Waals surface area contributed by atoms with Crippen molar-refractivity contribution in [2.24, 2.45) is 5.92 Å². The zero-order valence-corrected chi connectivity index (χ0v) is 13.4. The smallest absolute Gasteiger partial charge is 0.251 e. The Balaban J connectivity index is 2.67. The van der Waals surface area contributed by atoms with Crippen LogP contribution in [0.4, 0.5) is 0 Å². The van der Waals surface area contributed by atoms with Gasteiger partial charge in [0.05, 0.1) is 0 Å². The molecule has 0 heterocycles. The Bertz CT molecular complexity index is 429. The third kappa shape index (κ3) is 5.27. The highest BCUT2D eigenvalue weighted by molar-refractivity contribution is 7.98. The van der Waals surface area contributed by atoms with E-state index < -0.39 is 0 Å². The maximum Gasteiger partial charge on any atom is 0.251 e. The van der Waals surface area contributed by atoms with Crippen LogP contribution in [-0.2, 0) is 0 Å². The molecule has 0 fully saturated rings. The zero-order valence-electron chi connectivity index (χ0n) is 12.6. The zero-order chi connectivity index (χ0) is 14.4. The maximum atomic E-state index is 12.3. The molecule has 0 aliphatic rings. The van der Waals surface area contributed by atoms with Gasteiger partial charge in [-0.05, 0) is 56.6 Å². The normalized spacial score (nSPS) is 12.5. The van der Waals surface area contributed by atoms with Crippen molar-refractivity contribution in [1.29, 1.82) is 0 Å². The fraction of sp³-hybridized carbons (Fsp3) is 0.562. The molecule has 2 nitrogen and oxygen atoms in total. The summed E-state index contributed by atoms with van der Waals surface area (Å²) in [5.74, 6) is 0.727. The lowest BCUT2D eigenvalue weighted by molar-refractivity contribution is 0.0936. The van der Waals surface area contributed by atoms with E-state index in [1.54, 1.807) is 11.8 Å². The first kappa shape index (κ1) is 16.1. The van der Waals surface area contributed by atoms with Crippen LogP contribution in [0.2, 0.25) is 0 Å². The van der Waals surface area contributed by atoms with Gasteiger partial charge in [-0.25, -0.2) is 0 Å². The number of hydrogen-bond acceptors (Lipinski definition) is 2. The summed E-state index contributed by atoms with van der Waals surface area (Å²) in [5.41, 5.74) is 1.83. The molecule has 1 aromatic rings. The second-order valence-corrected chi connectivity index (χ2v) is 6.41. The lowest BCUT2D eigenvalue weighted by Gasteiger charge is -2.16. The number of thioether (sulfide) groups is 1. The molecule has 1 rings (SSSR count). The highest BCUT2D eigenvalue weighted by Gasteiger charge is 2.13. The van der Waals surface area contributed by atoms with E-state index in [-0.39, 0.29) is 11.9 Å². The molecule has 0 radical (unpaired) electrons. The Labute approximate surface area is 121 Å². The van der Waals surface area contributed by atoms with Crippen molar-refractivity contribution in [1.82, 2.24) is 5.32 Å². The van der Waals surface area contributed by atoms with Crippen molar-refractivity contribution in [3.8, 4) is 0 Å². The molecule has 0 saturated carbocycles. The minimum absolute atomic E-state index is 0.0460. The van der Waals surface area contributed by atoms with E-state index >= 15 is 0 Å². The van der Waals surface area contributed by atoms with Gasteiger partial charge in [-0.3, -0.25) is 4.79 Å². The van der Waals surface area contributed by atoms with E-state index in [2.05, 4.69) is 32.2 Å². The molecule has 1 N–H and O–H groups in total. The van der Waals surface area contributed by atoms with Crippen molar-refractivity contribution in [3.05, 3.63) is 29.3 Å². The van der Waals surface area contributed by atoms with Gasteiger partial charge in [-0.15, -0.1) is 11.8 Å². The van der Waals surface area contributed by atoms with Gasteiger partial charge in [0.15, 0.2) is 0 Å². The van der Waals surface area contributed by atoms with Crippen LogP contribution in [-0.4, -0.2) is 18.2 Å². The van der Waals surface area contributed by atoms with Crippen LogP contribution >= 0.6 is 11.8 Å². The maximum absolute atomic E-state index is 12.3. The predicted octanol–water partition coefficient (Wildman–Crippen LogP) is 4.27. The number of carbonyl (C=O) groups excluding carboxylic acids is 1. The van der Waals surface area contributed by atoms with Crippen molar-refractivity contribution in [2.75, 3.05) is 6.26 Å². The number of carbonyl (C=O) groups is 1. The number of hydrogen-bond donors (Lipinski definition) is 1. The van der Waals surface area contributed by atoms with Crippen LogP contribution in [0, 0.1) is 12.8 Å². The number of amides is 1. The summed E-state index contributed by atoms with van der Waals surface area (Å²) in [7, 11) is 0. The lowest BCUT2D eigenvalue weighted by atomic mass is 10.0. The Morgan fingerprint density at radius 2 is 1.95 bits per heavy atom. The van der Waals surface area contributed by atoms with Crippen LogP contribution in [0.5, 0.6) is 0 Å². The summed E-state index contributed by atoms with van der Waals surface area (Å²) in [6.07, 6.45) is 4.20. The molecule has 1 amide bonds. The molecule has 3 heteroatoms. The van der Waals surface area contributed by atoms with E-state index in [0.29, 0.717) is 5.92 Å². The number of nitrogens with one attached hydrogen (secondary N) is 1. The Hall–Kier alpha value is -0.960. The molecule has 1 aromatic carbocycles. The van der Waals surface area contributed by atoms with Crippen molar-refractivity contribution in [3.63, 3.8) is 0 Å². The monoisotopic (exact) mass is 279 g/mol. The molecule has 0 spiro atoms. The summed E-state index contributed by atoms with van der Waals surface area (Å²) in [6.45, 7) is 8.48. The third-order valence-electron chi connectivity index (χ3n) is 3.24. The van der Waals surface area contributed by atoms with Gasteiger partial charge in [0.2, 0.25) is 0 Å². The van der Waals surface area contributed by atoms with Crippen LogP contribution in [0.1, 0.15) is 49.5 Å². The minimum Gasteiger partial charge on any atom is -0.350 e. The fourth-order valence-corrected chi connectivity index (χ4v) is 2.37. The van der Waals surface area contributed by atoms with Gasteiger partial charge in [-0.1, -0.05) is 19.9 Å². The molecule has 0 bridgehead atoms. The molecule has 0 saturated heterocycles.